The van der Waals surface area contributed by atoms with Crippen LogP contribution in [0.5, 0.6) is 5.88 Å². The predicted molar refractivity (Wildman–Crippen MR) is 90.8 cm³/mol. The minimum atomic E-state index is -0.647. The molecule has 25 heavy (non-hydrogen) atoms. The van der Waals surface area contributed by atoms with Crippen molar-refractivity contribution in [3.8, 4) is 5.88 Å². The monoisotopic (exact) mass is 344 g/mol. The van der Waals surface area contributed by atoms with Crippen LogP contribution < -0.4 is 4.74 Å². The van der Waals surface area contributed by atoms with Gasteiger partial charge in [-0.15, -0.1) is 0 Å². The molecular formula is C19H21FN2O3. The molecule has 0 unspecified atom stereocenters. The average Bonchev–Trinajstić information content (AvgIpc) is 2.67. The molecule has 2 aromatic rings. The molecule has 0 aliphatic carbocycles. The van der Waals surface area contributed by atoms with Crippen LogP contribution in [0.25, 0.3) is 0 Å². The van der Waals surface area contributed by atoms with Crippen LogP contribution in [0.3, 0.4) is 0 Å². The summed E-state index contributed by atoms with van der Waals surface area (Å²) in [5.41, 5.74) is 1.16. The molecule has 2 heterocycles. The number of methoxy groups -OCH3 is 1. The maximum atomic E-state index is 13.0. The maximum Gasteiger partial charge on any atom is 0.259 e. The van der Waals surface area contributed by atoms with Crippen molar-refractivity contribution in [1.82, 2.24) is 9.88 Å². The Balaban J connectivity index is 1.63. The van der Waals surface area contributed by atoms with E-state index in [0.717, 1.165) is 0 Å². The highest BCUT2D eigenvalue weighted by molar-refractivity contribution is 5.96. The van der Waals surface area contributed by atoms with Gasteiger partial charge in [-0.3, -0.25) is 4.79 Å². The van der Waals surface area contributed by atoms with E-state index in [1.807, 2.05) is 0 Å². The molecule has 1 N–H and O–H groups in total. The summed E-state index contributed by atoms with van der Waals surface area (Å²) >= 11 is 0. The standard InChI is InChI=1S/C19H21FN2O3/c1-25-18-16(3-2-10-21-18)19(24)22-11-8-14(9-12-22)17(23)13-4-6-15(20)7-5-13/h2-7,10,14,17,23H,8-9,11-12H2,1H3/t17-/m1/s1. The fourth-order valence-electron chi connectivity index (χ4n) is 3.24. The predicted octanol–water partition coefficient (Wildman–Crippen LogP) is 2.82. The number of piperidine rings is 1. The molecule has 0 spiro atoms. The number of likely N-dealkylation sites (tertiary alicyclic amines) is 1. The third-order valence-corrected chi connectivity index (χ3v) is 4.68. The van der Waals surface area contributed by atoms with E-state index in [9.17, 15) is 14.3 Å². The van der Waals surface area contributed by atoms with Gasteiger partial charge in [0, 0.05) is 19.3 Å². The van der Waals surface area contributed by atoms with Gasteiger partial charge in [-0.1, -0.05) is 12.1 Å². The lowest BCUT2D eigenvalue weighted by Crippen LogP contribution is -2.40. The van der Waals surface area contributed by atoms with Gasteiger partial charge in [-0.05, 0) is 48.6 Å². The lowest BCUT2D eigenvalue weighted by Gasteiger charge is -2.34. The zero-order valence-corrected chi connectivity index (χ0v) is 14.1. The van der Waals surface area contributed by atoms with Crippen LogP contribution in [-0.2, 0) is 0 Å². The molecule has 1 atom stereocenters. The number of aromatic nitrogens is 1. The normalized spacial score (nSPS) is 16.5. The number of rotatable bonds is 4. The van der Waals surface area contributed by atoms with Crippen LogP contribution in [0.2, 0.25) is 0 Å². The van der Waals surface area contributed by atoms with Crippen LogP contribution in [0.15, 0.2) is 42.6 Å². The lowest BCUT2D eigenvalue weighted by atomic mass is 9.87. The summed E-state index contributed by atoms with van der Waals surface area (Å²) in [4.78, 5) is 18.5. The van der Waals surface area contributed by atoms with Gasteiger partial charge in [0.1, 0.15) is 11.4 Å². The smallest absolute Gasteiger partial charge is 0.259 e. The molecule has 6 heteroatoms. The first-order valence-corrected chi connectivity index (χ1v) is 8.32. The van der Waals surface area contributed by atoms with Gasteiger partial charge < -0.3 is 14.7 Å². The summed E-state index contributed by atoms with van der Waals surface area (Å²) in [6, 6.07) is 9.34. The van der Waals surface area contributed by atoms with E-state index >= 15 is 0 Å². The van der Waals surface area contributed by atoms with Crippen molar-refractivity contribution in [3.63, 3.8) is 0 Å². The number of ether oxygens (including phenoxy) is 1. The van der Waals surface area contributed by atoms with Gasteiger partial charge in [0.15, 0.2) is 0 Å². The van der Waals surface area contributed by atoms with Gasteiger partial charge in [0.05, 0.1) is 13.2 Å². The van der Waals surface area contributed by atoms with E-state index < -0.39 is 6.10 Å². The highest BCUT2D eigenvalue weighted by Gasteiger charge is 2.29. The summed E-state index contributed by atoms with van der Waals surface area (Å²) in [7, 11) is 1.49. The van der Waals surface area contributed by atoms with Crippen LogP contribution in [0, 0.1) is 11.7 Å². The van der Waals surface area contributed by atoms with Crippen molar-refractivity contribution >= 4 is 5.91 Å². The maximum absolute atomic E-state index is 13.0. The van der Waals surface area contributed by atoms with Crippen LogP contribution in [-0.4, -0.2) is 41.1 Å². The molecule has 0 saturated carbocycles. The number of hydrogen-bond donors (Lipinski definition) is 1. The molecule has 0 bridgehead atoms. The highest BCUT2D eigenvalue weighted by atomic mass is 19.1. The second kappa shape index (κ2) is 7.61. The molecule has 1 aliphatic heterocycles. The number of nitrogens with zero attached hydrogens (tertiary/aromatic N) is 2. The second-order valence-corrected chi connectivity index (χ2v) is 6.19. The number of carbonyl (C=O) groups excluding carboxylic acids is 1. The van der Waals surface area contributed by atoms with E-state index in [1.54, 1.807) is 35.4 Å². The third-order valence-electron chi connectivity index (χ3n) is 4.68. The summed E-state index contributed by atoms with van der Waals surface area (Å²) in [6.45, 7) is 1.11. The summed E-state index contributed by atoms with van der Waals surface area (Å²) < 4.78 is 18.2. The van der Waals surface area contributed by atoms with Crippen LogP contribution in [0.1, 0.15) is 34.9 Å². The quantitative estimate of drug-likeness (QED) is 0.926. The van der Waals surface area contributed by atoms with Crippen molar-refractivity contribution in [2.45, 2.75) is 18.9 Å². The van der Waals surface area contributed by atoms with Gasteiger partial charge in [-0.25, -0.2) is 9.37 Å². The third kappa shape index (κ3) is 3.79. The first-order valence-electron chi connectivity index (χ1n) is 8.32. The number of aliphatic hydroxyl groups excluding tert-OH is 1. The number of pyridine rings is 1. The van der Waals surface area contributed by atoms with E-state index in [-0.39, 0.29) is 17.6 Å². The Morgan fingerprint density at radius 2 is 1.96 bits per heavy atom. The summed E-state index contributed by atoms with van der Waals surface area (Å²) in [6.07, 6.45) is 2.31. The number of amides is 1. The summed E-state index contributed by atoms with van der Waals surface area (Å²) in [5.74, 6) is -0.0623. The molecule has 0 radical (unpaired) electrons. The van der Waals surface area contributed by atoms with Crippen molar-refractivity contribution in [2.24, 2.45) is 5.92 Å². The molecule has 3 rings (SSSR count). The Labute approximate surface area is 146 Å². The fraction of sp³-hybridized carbons (Fsp3) is 0.368. The molecular weight excluding hydrogens is 323 g/mol. The van der Waals surface area contributed by atoms with E-state index in [0.29, 0.717) is 42.9 Å². The van der Waals surface area contributed by atoms with E-state index in [4.69, 9.17) is 4.74 Å². The number of halogens is 1. The van der Waals surface area contributed by atoms with Gasteiger partial charge in [0.2, 0.25) is 5.88 Å². The number of aliphatic hydroxyl groups is 1. The molecule has 1 amide bonds. The summed E-state index contributed by atoms with van der Waals surface area (Å²) in [5, 5.41) is 10.5. The molecule has 1 aromatic heterocycles. The SMILES string of the molecule is COc1ncccc1C(=O)N1CCC([C@H](O)c2ccc(F)cc2)CC1. The number of hydrogen-bond acceptors (Lipinski definition) is 4. The molecule has 5 nitrogen and oxygen atoms in total. The van der Waals surface area contributed by atoms with Crippen molar-refractivity contribution < 1.29 is 19.0 Å². The van der Waals surface area contributed by atoms with Crippen molar-refractivity contribution in [3.05, 3.63) is 59.5 Å². The van der Waals surface area contributed by atoms with Crippen LogP contribution >= 0.6 is 0 Å². The number of carbonyl (C=O) groups is 1. The molecule has 1 saturated heterocycles. The second-order valence-electron chi connectivity index (χ2n) is 6.19. The topological polar surface area (TPSA) is 62.7 Å². The Morgan fingerprint density at radius 1 is 1.28 bits per heavy atom. The zero-order chi connectivity index (χ0) is 17.8. The first-order chi connectivity index (χ1) is 12.1. The molecule has 1 aliphatic rings. The molecule has 1 fully saturated rings. The van der Waals surface area contributed by atoms with Crippen molar-refractivity contribution in [2.75, 3.05) is 20.2 Å². The van der Waals surface area contributed by atoms with E-state index in [1.165, 1.54) is 19.2 Å². The Bertz CT molecular complexity index is 728. The molecule has 1 aromatic carbocycles. The largest absolute Gasteiger partial charge is 0.480 e. The molecule has 132 valence electrons. The highest BCUT2D eigenvalue weighted by Crippen LogP contribution is 2.31. The fourth-order valence-corrected chi connectivity index (χ4v) is 3.24. The Kier molecular flexibility index (Phi) is 5.28. The van der Waals surface area contributed by atoms with Gasteiger partial charge in [0.25, 0.3) is 5.91 Å². The van der Waals surface area contributed by atoms with E-state index in [2.05, 4.69) is 4.98 Å². The minimum Gasteiger partial charge on any atom is -0.480 e. The van der Waals surface area contributed by atoms with Crippen molar-refractivity contribution in [1.29, 1.82) is 0 Å². The number of benzene rings is 1. The Hall–Kier alpha value is -2.47. The average molecular weight is 344 g/mol. The minimum absolute atomic E-state index is 0.0466. The lowest BCUT2D eigenvalue weighted by molar-refractivity contribution is 0.0459. The Morgan fingerprint density at radius 3 is 2.60 bits per heavy atom. The zero-order valence-electron chi connectivity index (χ0n) is 14.1. The first kappa shape index (κ1) is 17.4. The van der Waals surface area contributed by atoms with Gasteiger partial charge in [-0.2, -0.15) is 0 Å². The van der Waals surface area contributed by atoms with Crippen LogP contribution in [0.4, 0.5) is 4.39 Å². The van der Waals surface area contributed by atoms with Gasteiger partial charge >= 0.3 is 0 Å².